The Hall–Kier alpha value is -2.62. The van der Waals surface area contributed by atoms with Crippen molar-refractivity contribution in [2.45, 2.75) is 26.3 Å². The first-order chi connectivity index (χ1) is 11.1. The standard InChI is InChI=1S/C19H20N2O2/c1-13-11-15-7-3-6-10-18(15)21(13)19(23)12-20-17-9-5-4-8-16(17)14(2)22/h3-10,13,20H,11-12H2,1-2H3. The molecule has 1 heterocycles. The van der Waals surface area contributed by atoms with Gasteiger partial charge < -0.3 is 10.2 Å². The van der Waals surface area contributed by atoms with Crippen molar-refractivity contribution in [3.8, 4) is 0 Å². The lowest BCUT2D eigenvalue weighted by Crippen LogP contribution is -2.39. The number of rotatable bonds is 4. The molecule has 4 heteroatoms. The van der Waals surface area contributed by atoms with Crippen molar-refractivity contribution >= 4 is 23.1 Å². The van der Waals surface area contributed by atoms with E-state index in [1.807, 2.05) is 41.3 Å². The van der Waals surface area contributed by atoms with Gasteiger partial charge >= 0.3 is 0 Å². The van der Waals surface area contributed by atoms with Crippen LogP contribution in [-0.4, -0.2) is 24.3 Å². The van der Waals surface area contributed by atoms with Crippen molar-refractivity contribution in [2.75, 3.05) is 16.8 Å². The van der Waals surface area contributed by atoms with Gasteiger partial charge in [-0.25, -0.2) is 0 Å². The highest BCUT2D eigenvalue weighted by Crippen LogP contribution is 2.31. The molecule has 1 atom stereocenters. The molecular weight excluding hydrogens is 288 g/mol. The number of nitrogens with one attached hydrogen (secondary N) is 1. The lowest BCUT2D eigenvalue weighted by atomic mass is 10.1. The van der Waals surface area contributed by atoms with Gasteiger partial charge in [0.05, 0.1) is 6.54 Å². The smallest absolute Gasteiger partial charge is 0.246 e. The maximum absolute atomic E-state index is 12.7. The van der Waals surface area contributed by atoms with E-state index in [4.69, 9.17) is 0 Å². The molecule has 1 unspecified atom stereocenters. The average molecular weight is 308 g/mol. The van der Waals surface area contributed by atoms with E-state index in [0.29, 0.717) is 11.3 Å². The Morgan fingerprint density at radius 2 is 1.83 bits per heavy atom. The normalized spacial score (nSPS) is 16.1. The Morgan fingerprint density at radius 1 is 1.13 bits per heavy atom. The number of benzene rings is 2. The minimum Gasteiger partial charge on any atom is -0.376 e. The van der Waals surface area contributed by atoms with Gasteiger partial charge in [-0.05, 0) is 44.0 Å². The highest BCUT2D eigenvalue weighted by atomic mass is 16.2. The summed E-state index contributed by atoms with van der Waals surface area (Å²) in [5.41, 5.74) is 3.51. The molecule has 23 heavy (non-hydrogen) atoms. The van der Waals surface area contributed by atoms with Gasteiger partial charge in [0.2, 0.25) is 5.91 Å². The van der Waals surface area contributed by atoms with Crippen molar-refractivity contribution in [1.29, 1.82) is 0 Å². The van der Waals surface area contributed by atoms with E-state index >= 15 is 0 Å². The van der Waals surface area contributed by atoms with Crippen LogP contribution < -0.4 is 10.2 Å². The zero-order chi connectivity index (χ0) is 16.4. The van der Waals surface area contributed by atoms with Gasteiger partial charge in [0.1, 0.15) is 0 Å². The molecule has 0 aromatic heterocycles. The van der Waals surface area contributed by atoms with Crippen LogP contribution in [0.5, 0.6) is 0 Å². The van der Waals surface area contributed by atoms with Crippen LogP contribution in [0.4, 0.5) is 11.4 Å². The molecule has 118 valence electrons. The summed E-state index contributed by atoms with van der Waals surface area (Å²) >= 11 is 0. The van der Waals surface area contributed by atoms with E-state index in [1.165, 1.54) is 12.5 Å². The topological polar surface area (TPSA) is 49.4 Å². The summed E-state index contributed by atoms with van der Waals surface area (Å²) in [5.74, 6) is 0.00115. The van der Waals surface area contributed by atoms with Gasteiger partial charge in [0.15, 0.2) is 5.78 Å². The number of ketones is 1. The zero-order valence-electron chi connectivity index (χ0n) is 13.4. The Bertz CT molecular complexity index is 755. The second kappa shape index (κ2) is 6.24. The van der Waals surface area contributed by atoms with E-state index in [-0.39, 0.29) is 24.3 Å². The summed E-state index contributed by atoms with van der Waals surface area (Å²) in [6, 6.07) is 15.4. The monoisotopic (exact) mass is 308 g/mol. The first kappa shape index (κ1) is 15.3. The number of amides is 1. The van der Waals surface area contributed by atoms with Crippen molar-refractivity contribution in [3.05, 3.63) is 59.7 Å². The van der Waals surface area contributed by atoms with Gasteiger partial charge in [0.25, 0.3) is 0 Å². The molecule has 0 saturated carbocycles. The molecule has 1 aliphatic rings. The molecule has 2 aromatic carbocycles. The molecule has 1 amide bonds. The van der Waals surface area contributed by atoms with E-state index in [0.717, 1.165) is 12.1 Å². The Labute approximate surface area is 136 Å². The fourth-order valence-electron chi connectivity index (χ4n) is 3.15. The van der Waals surface area contributed by atoms with Crippen LogP contribution in [-0.2, 0) is 11.2 Å². The van der Waals surface area contributed by atoms with E-state index < -0.39 is 0 Å². The Kier molecular flexibility index (Phi) is 4.15. The quantitative estimate of drug-likeness (QED) is 0.882. The first-order valence-electron chi connectivity index (χ1n) is 7.81. The second-order valence-electron chi connectivity index (χ2n) is 5.90. The van der Waals surface area contributed by atoms with E-state index in [1.54, 1.807) is 6.07 Å². The number of carbonyl (C=O) groups excluding carboxylic acids is 2. The molecule has 1 aliphatic heterocycles. The Balaban J connectivity index is 1.75. The summed E-state index contributed by atoms with van der Waals surface area (Å²) in [6.45, 7) is 3.76. The molecule has 0 radical (unpaired) electrons. The third kappa shape index (κ3) is 2.97. The lowest BCUT2D eigenvalue weighted by Gasteiger charge is -2.23. The summed E-state index contributed by atoms with van der Waals surface area (Å²) in [4.78, 5) is 26.1. The highest BCUT2D eigenvalue weighted by molar-refractivity contribution is 6.02. The number of Topliss-reactive ketones (excluding diaryl/α,β-unsaturated/α-hetero) is 1. The van der Waals surface area contributed by atoms with Gasteiger partial charge in [-0.2, -0.15) is 0 Å². The van der Waals surface area contributed by atoms with Crippen LogP contribution >= 0.6 is 0 Å². The minimum absolute atomic E-state index is 0.0135. The molecule has 3 rings (SSSR count). The second-order valence-corrected chi connectivity index (χ2v) is 5.90. The minimum atomic E-state index is -0.0135. The van der Waals surface area contributed by atoms with Crippen molar-refractivity contribution in [2.24, 2.45) is 0 Å². The summed E-state index contributed by atoms with van der Waals surface area (Å²) in [7, 11) is 0. The maximum atomic E-state index is 12.7. The van der Waals surface area contributed by atoms with Crippen LogP contribution in [0.1, 0.15) is 29.8 Å². The van der Waals surface area contributed by atoms with E-state index in [9.17, 15) is 9.59 Å². The third-order valence-corrected chi connectivity index (χ3v) is 4.21. The van der Waals surface area contributed by atoms with E-state index in [2.05, 4.69) is 18.3 Å². The SMILES string of the molecule is CC(=O)c1ccccc1NCC(=O)N1c2ccccc2CC1C. The number of hydrogen-bond acceptors (Lipinski definition) is 3. The summed E-state index contributed by atoms with van der Waals surface area (Å²) in [6.07, 6.45) is 0.881. The number of nitrogens with zero attached hydrogens (tertiary/aromatic N) is 1. The first-order valence-corrected chi connectivity index (χ1v) is 7.81. The van der Waals surface area contributed by atoms with Crippen LogP contribution in [0.2, 0.25) is 0 Å². The molecule has 1 N–H and O–H groups in total. The van der Waals surface area contributed by atoms with Gasteiger partial charge in [-0.15, -0.1) is 0 Å². The molecule has 0 bridgehead atoms. The molecule has 0 saturated heterocycles. The number of fused-ring (bicyclic) bond motifs is 1. The largest absolute Gasteiger partial charge is 0.376 e. The fourth-order valence-corrected chi connectivity index (χ4v) is 3.15. The van der Waals surface area contributed by atoms with Crippen LogP contribution in [0.15, 0.2) is 48.5 Å². The number of hydrogen-bond donors (Lipinski definition) is 1. The maximum Gasteiger partial charge on any atom is 0.246 e. The van der Waals surface area contributed by atoms with Gasteiger partial charge in [0, 0.05) is 23.0 Å². The van der Waals surface area contributed by atoms with Crippen LogP contribution in [0.3, 0.4) is 0 Å². The number of anilines is 2. The van der Waals surface area contributed by atoms with Crippen molar-refractivity contribution < 1.29 is 9.59 Å². The summed E-state index contributed by atoms with van der Waals surface area (Å²) < 4.78 is 0. The molecule has 0 fully saturated rings. The fraction of sp³-hybridized carbons (Fsp3) is 0.263. The van der Waals surface area contributed by atoms with Gasteiger partial charge in [-0.1, -0.05) is 30.3 Å². The van der Waals surface area contributed by atoms with Crippen LogP contribution in [0, 0.1) is 0 Å². The molecule has 2 aromatic rings. The van der Waals surface area contributed by atoms with Crippen LogP contribution in [0.25, 0.3) is 0 Å². The number of carbonyl (C=O) groups is 2. The predicted octanol–water partition coefficient (Wildman–Crippen LogP) is 3.28. The third-order valence-electron chi connectivity index (χ3n) is 4.21. The Morgan fingerprint density at radius 3 is 2.61 bits per heavy atom. The highest BCUT2D eigenvalue weighted by Gasteiger charge is 2.30. The molecule has 4 nitrogen and oxygen atoms in total. The molecule has 0 spiro atoms. The predicted molar refractivity (Wildman–Crippen MR) is 92.0 cm³/mol. The van der Waals surface area contributed by atoms with Gasteiger partial charge in [-0.3, -0.25) is 9.59 Å². The summed E-state index contributed by atoms with van der Waals surface area (Å²) in [5, 5.41) is 3.11. The molecule has 0 aliphatic carbocycles. The molecular formula is C19H20N2O2. The number of para-hydroxylation sites is 2. The zero-order valence-corrected chi connectivity index (χ0v) is 13.4. The lowest BCUT2D eigenvalue weighted by molar-refractivity contribution is -0.117. The average Bonchev–Trinajstić information content (AvgIpc) is 2.88. The van der Waals surface area contributed by atoms with Crippen molar-refractivity contribution in [3.63, 3.8) is 0 Å². The van der Waals surface area contributed by atoms with Crippen molar-refractivity contribution in [1.82, 2.24) is 0 Å².